The third kappa shape index (κ3) is 2.30. The van der Waals surface area contributed by atoms with E-state index in [1.165, 1.54) is 32.1 Å². The lowest BCUT2D eigenvalue weighted by atomic mass is 9.95. The Morgan fingerprint density at radius 3 is 2.70 bits per heavy atom. The number of benzene rings is 1. The van der Waals surface area contributed by atoms with Crippen LogP contribution >= 0.6 is 0 Å². The van der Waals surface area contributed by atoms with Gasteiger partial charge in [-0.25, -0.2) is 0 Å². The van der Waals surface area contributed by atoms with Gasteiger partial charge in [0, 0.05) is 23.8 Å². The highest BCUT2D eigenvalue weighted by Crippen LogP contribution is 2.36. The van der Waals surface area contributed by atoms with Crippen molar-refractivity contribution in [2.75, 3.05) is 12.3 Å². The normalized spacial score (nSPS) is 23.4. The molecule has 1 aliphatic heterocycles. The number of hydrogen-bond acceptors (Lipinski definition) is 2. The van der Waals surface area contributed by atoms with E-state index >= 15 is 0 Å². The Morgan fingerprint density at radius 1 is 1.20 bits per heavy atom. The Hall–Kier alpha value is -1.51. The molecule has 0 bridgehead atoms. The predicted molar refractivity (Wildman–Crippen MR) is 81.6 cm³/mol. The van der Waals surface area contributed by atoms with Gasteiger partial charge in [-0.15, -0.1) is 0 Å². The molecule has 1 aromatic carbocycles. The summed E-state index contributed by atoms with van der Waals surface area (Å²) in [6.45, 7) is 2.86. The van der Waals surface area contributed by atoms with Crippen LogP contribution in [0.5, 0.6) is 0 Å². The van der Waals surface area contributed by atoms with Crippen LogP contribution in [0.15, 0.2) is 18.2 Å². The Morgan fingerprint density at radius 2 is 1.95 bits per heavy atom. The number of nitrogen functional groups attached to an aromatic ring is 1. The molecule has 1 amide bonds. The standard InChI is InChI=1S/C17H24N2O/c1-12-14(8-4-9-15(12)18)17(20)19-11-5-10-16(19)13-6-2-3-7-13/h4,8-9,13,16H,2-3,5-7,10-11,18H2,1H3. The Balaban J connectivity index is 1.83. The molecule has 1 unspecified atom stereocenters. The molecular weight excluding hydrogens is 248 g/mol. The van der Waals surface area contributed by atoms with Crippen LogP contribution < -0.4 is 5.73 Å². The Kier molecular flexibility index (Phi) is 3.68. The van der Waals surface area contributed by atoms with E-state index in [1.807, 2.05) is 25.1 Å². The molecule has 0 aromatic heterocycles. The number of likely N-dealkylation sites (tertiary alicyclic amines) is 1. The van der Waals surface area contributed by atoms with Gasteiger partial charge in [0.15, 0.2) is 0 Å². The number of rotatable bonds is 2. The molecule has 1 saturated carbocycles. The van der Waals surface area contributed by atoms with Crippen LogP contribution in [0.25, 0.3) is 0 Å². The van der Waals surface area contributed by atoms with E-state index < -0.39 is 0 Å². The van der Waals surface area contributed by atoms with E-state index in [9.17, 15) is 4.79 Å². The van der Waals surface area contributed by atoms with Crippen LogP contribution in [0.4, 0.5) is 5.69 Å². The van der Waals surface area contributed by atoms with E-state index in [4.69, 9.17) is 5.73 Å². The van der Waals surface area contributed by atoms with Crippen molar-refractivity contribution < 1.29 is 4.79 Å². The highest BCUT2D eigenvalue weighted by molar-refractivity contribution is 5.97. The third-order valence-electron chi connectivity index (χ3n) is 5.11. The van der Waals surface area contributed by atoms with Gasteiger partial charge in [0.05, 0.1) is 0 Å². The Bertz CT molecular complexity index is 506. The smallest absolute Gasteiger partial charge is 0.254 e. The average Bonchev–Trinajstić information content (AvgIpc) is 3.10. The maximum Gasteiger partial charge on any atom is 0.254 e. The van der Waals surface area contributed by atoms with Gasteiger partial charge in [-0.05, 0) is 56.2 Å². The molecular formula is C17H24N2O. The molecule has 2 fully saturated rings. The lowest BCUT2D eigenvalue weighted by Gasteiger charge is -2.30. The second kappa shape index (κ2) is 5.47. The van der Waals surface area contributed by atoms with Crippen molar-refractivity contribution in [3.63, 3.8) is 0 Å². The first-order valence-corrected chi connectivity index (χ1v) is 7.84. The summed E-state index contributed by atoms with van der Waals surface area (Å²) < 4.78 is 0. The predicted octanol–water partition coefficient (Wildman–Crippen LogP) is 3.37. The molecule has 20 heavy (non-hydrogen) atoms. The minimum atomic E-state index is 0.184. The molecule has 1 aromatic rings. The zero-order chi connectivity index (χ0) is 14.1. The summed E-state index contributed by atoms with van der Waals surface area (Å²) in [6, 6.07) is 6.13. The second-order valence-electron chi connectivity index (χ2n) is 6.27. The molecule has 3 nitrogen and oxygen atoms in total. The van der Waals surface area contributed by atoms with Gasteiger partial charge in [-0.3, -0.25) is 4.79 Å². The highest BCUT2D eigenvalue weighted by atomic mass is 16.2. The van der Waals surface area contributed by atoms with Crippen molar-refractivity contribution in [3.05, 3.63) is 29.3 Å². The zero-order valence-corrected chi connectivity index (χ0v) is 12.3. The van der Waals surface area contributed by atoms with Crippen LogP contribution in [-0.4, -0.2) is 23.4 Å². The van der Waals surface area contributed by atoms with Crippen molar-refractivity contribution in [2.45, 2.75) is 51.5 Å². The minimum Gasteiger partial charge on any atom is -0.398 e. The highest BCUT2D eigenvalue weighted by Gasteiger charge is 2.36. The van der Waals surface area contributed by atoms with Crippen molar-refractivity contribution in [3.8, 4) is 0 Å². The first-order valence-electron chi connectivity index (χ1n) is 7.84. The number of amides is 1. The molecule has 2 aliphatic rings. The van der Waals surface area contributed by atoms with Gasteiger partial charge >= 0.3 is 0 Å². The molecule has 1 heterocycles. The minimum absolute atomic E-state index is 0.184. The molecule has 3 heteroatoms. The summed E-state index contributed by atoms with van der Waals surface area (Å²) in [4.78, 5) is 15.0. The van der Waals surface area contributed by atoms with E-state index in [-0.39, 0.29) is 5.91 Å². The molecule has 2 N–H and O–H groups in total. The van der Waals surface area contributed by atoms with Crippen molar-refractivity contribution >= 4 is 11.6 Å². The molecule has 3 rings (SSSR count). The summed E-state index contributed by atoms with van der Waals surface area (Å²) in [5, 5.41) is 0. The Labute approximate surface area is 121 Å². The average molecular weight is 272 g/mol. The van der Waals surface area contributed by atoms with Gasteiger partial charge < -0.3 is 10.6 Å². The fourth-order valence-electron chi connectivity index (χ4n) is 3.92. The summed E-state index contributed by atoms with van der Waals surface area (Å²) in [5.41, 5.74) is 8.37. The van der Waals surface area contributed by atoms with Crippen LogP contribution in [0.3, 0.4) is 0 Å². The van der Waals surface area contributed by atoms with Gasteiger partial charge in [-0.1, -0.05) is 18.9 Å². The van der Waals surface area contributed by atoms with Crippen molar-refractivity contribution in [1.29, 1.82) is 0 Å². The van der Waals surface area contributed by atoms with E-state index in [0.29, 0.717) is 11.7 Å². The van der Waals surface area contributed by atoms with E-state index in [0.717, 1.165) is 30.0 Å². The van der Waals surface area contributed by atoms with Gasteiger partial charge in [0.1, 0.15) is 0 Å². The lowest BCUT2D eigenvalue weighted by Crippen LogP contribution is -2.39. The number of carbonyl (C=O) groups is 1. The molecule has 0 spiro atoms. The maximum atomic E-state index is 12.9. The summed E-state index contributed by atoms with van der Waals surface area (Å²) in [7, 11) is 0. The van der Waals surface area contributed by atoms with Gasteiger partial charge in [-0.2, -0.15) is 0 Å². The van der Waals surface area contributed by atoms with Gasteiger partial charge in [0.25, 0.3) is 5.91 Å². The molecule has 1 aliphatic carbocycles. The number of hydrogen-bond donors (Lipinski definition) is 1. The van der Waals surface area contributed by atoms with Crippen LogP contribution in [0.1, 0.15) is 54.4 Å². The maximum absolute atomic E-state index is 12.9. The first kappa shape index (κ1) is 13.5. The topological polar surface area (TPSA) is 46.3 Å². The fraction of sp³-hybridized carbons (Fsp3) is 0.588. The number of nitrogens with zero attached hydrogens (tertiary/aromatic N) is 1. The van der Waals surface area contributed by atoms with Crippen LogP contribution in [0, 0.1) is 12.8 Å². The molecule has 1 atom stereocenters. The summed E-state index contributed by atoms with van der Waals surface area (Å²) >= 11 is 0. The quantitative estimate of drug-likeness (QED) is 0.839. The van der Waals surface area contributed by atoms with Crippen molar-refractivity contribution in [2.24, 2.45) is 5.92 Å². The molecule has 1 saturated heterocycles. The van der Waals surface area contributed by atoms with E-state index in [2.05, 4.69) is 4.90 Å². The monoisotopic (exact) mass is 272 g/mol. The number of anilines is 1. The number of nitrogens with two attached hydrogens (primary N) is 1. The SMILES string of the molecule is Cc1c(N)cccc1C(=O)N1CCCC1C1CCCC1. The summed E-state index contributed by atoms with van der Waals surface area (Å²) in [5.74, 6) is 0.909. The second-order valence-corrected chi connectivity index (χ2v) is 6.27. The number of carbonyl (C=O) groups excluding carboxylic acids is 1. The summed E-state index contributed by atoms with van der Waals surface area (Å²) in [6.07, 6.45) is 7.59. The van der Waals surface area contributed by atoms with E-state index in [1.54, 1.807) is 0 Å². The van der Waals surface area contributed by atoms with Crippen molar-refractivity contribution in [1.82, 2.24) is 4.90 Å². The molecule has 108 valence electrons. The van der Waals surface area contributed by atoms with Crippen LogP contribution in [-0.2, 0) is 0 Å². The molecule has 0 radical (unpaired) electrons. The zero-order valence-electron chi connectivity index (χ0n) is 12.3. The van der Waals surface area contributed by atoms with Gasteiger partial charge in [0.2, 0.25) is 0 Å². The van der Waals surface area contributed by atoms with Crippen LogP contribution in [0.2, 0.25) is 0 Å². The first-order chi connectivity index (χ1) is 9.68. The third-order valence-corrected chi connectivity index (χ3v) is 5.11. The lowest BCUT2D eigenvalue weighted by molar-refractivity contribution is 0.0688. The largest absolute Gasteiger partial charge is 0.398 e. The fourth-order valence-corrected chi connectivity index (χ4v) is 3.92.